The lowest BCUT2D eigenvalue weighted by Gasteiger charge is -2.08. The van der Waals surface area contributed by atoms with Gasteiger partial charge in [0, 0.05) is 27.1 Å². The molecule has 3 aromatic rings. The maximum Gasteiger partial charge on any atom is 0.0934 e. The van der Waals surface area contributed by atoms with Crippen LogP contribution in [0.25, 0.3) is 10.9 Å². The second-order valence-electron chi connectivity index (χ2n) is 4.23. The van der Waals surface area contributed by atoms with Gasteiger partial charge in [0.2, 0.25) is 0 Å². The zero-order chi connectivity index (χ0) is 13.2. The number of halogens is 1. The summed E-state index contributed by atoms with van der Waals surface area (Å²) in [4.78, 5) is 9.96. The van der Waals surface area contributed by atoms with Gasteiger partial charge in [-0.05, 0) is 35.0 Å². The van der Waals surface area contributed by atoms with Gasteiger partial charge in [-0.3, -0.25) is 4.98 Å². The number of pyridine rings is 1. The third-order valence-electron chi connectivity index (χ3n) is 2.80. The number of fused-ring (bicyclic) bond motifs is 1. The normalized spacial score (nSPS) is 10.8. The molecule has 0 bridgehead atoms. The minimum atomic E-state index is 0.780. The predicted molar refractivity (Wildman–Crippen MR) is 83.6 cm³/mol. The van der Waals surface area contributed by atoms with Crippen molar-refractivity contribution in [3.8, 4) is 0 Å². The summed E-state index contributed by atoms with van der Waals surface area (Å²) in [5.74, 6) is 0. The molecule has 0 spiro atoms. The molecule has 1 aromatic carbocycles. The lowest BCUT2D eigenvalue weighted by molar-refractivity contribution is 1.17. The van der Waals surface area contributed by atoms with Gasteiger partial charge in [0.1, 0.15) is 0 Å². The largest absolute Gasteiger partial charge is 0.378 e. The Hall–Kier alpha value is -1.46. The van der Waals surface area contributed by atoms with Crippen molar-refractivity contribution in [3.63, 3.8) is 0 Å². The molecule has 0 atom stereocenters. The number of hydrogen-bond acceptors (Lipinski definition) is 4. The van der Waals surface area contributed by atoms with Gasteiger partial charge in [-0.2, -0.15) is 0 Å². The number of para-hydroxylation sites is 1. The van der Waals surface area contributed by atoms with Gasteiger partial charge >= 0.3 is 0 Å². The van der Waals surface area contributed by atoms with Crippen LogP contribution in [0.15, 0.2) is 41.1 Å². The molecule has 19 heavy (non-hydrogen) atoms. The van der Waals surface area contributed by atoms with Crippen molar-refractivity contribution in [2.75, 3.05) is 5.32 Å². The Kier molecular flexibility index (Phi) is 3.48. The van der Waals surface area contributed by atoms with Crippen LogP contribution in [0.3, 0.4) is 0 Å². The molecule has 96 valence electrons. The highest BCUT2D eigenvalue weighted by Crippen LogP contribution is 2.24. The fourth-order valence-corrected chi connectivity index (χ4v) is 3.03. The zero-order valence-electron chi connectivity index (χ0n) is 10.4. The lowest BCUT2D eigenvalue weighted by Crippen LogP contribution is -1.98. The van der Waals surface area contributed by atoms with Gasteiger partial charge in [-0.25, -0.2) is 4.98 Å². The molecular formula is C14H12BrN3S. The van der Waals surface area contributed by atoms with E-state index >= 15 is 0 Å². The van der Waals surface area contributed by atoms with Crippen LogP contribution in [0.2, 0.25) is 0 Å². The number of benzene rings is 1. The van der Waals surface area contributed by atoms with Crippen LogP contribution < -0.4 is 5.32 Å². The molecule has 0 aliphatic heterocycles. The van der Waals surface area contributed by atoms with Crippen molar-refractivity contribution in [2.24, 2.45) is 0 Å². The minimum Gasteiger partial charge on any atom is -0.378 e. The number of aromatic nitrogens is 2. The molecule has 0 saturated heterocycles. The fourth-order valence-electron chi connectivity index (χ4n) is 1.95. The highest BCUT2D eigenvalue weighted by Gasteiger charge is 2.04. The third-order valence-corrected chi connectivity index (χ3v) is 4.15. The second kappa shape index (κ2) is 5.27. The molecule has 0 unspecified atom stereocenters. The van der Waals surface area contributed by atoms with Crippen molar-refractivity contribution < 1.29 is 0 Å². The van der Waals surface area contributed by atoms with E-state index in [2.05, 4.69) is 49.4 Å². The van der Waals surface area contributed by atoms with Crippen LogP contribution in [0.4, 0.5) is 5.69 Å². The zero-order valence-corrected chi connectivity index (χ0v) is 12.8. The highest BCUT2D eigenvalue weighted by atomic mass is 79.9. The molecule has 0 saturated carbocycles. The summed E-state index contributed by atoms with van der Waals surface area (Å²) in [5.41, 5.74) is 2.04. The molecule has 3 rings (SSSR count). The summed E-state index contributed by atoms with van der Waals surface area (Å²) in [6.45, 7) is 2.80. The van der Waals surface area contributed by atoms with E-state index < -0.39 is 0 Å². The predicted octanol–water partition coefficient (Wildman–Crippen LogP) is 4.37. The summed E-state index contributed by atoms with van der Waals surface area (Å²) < 4.78 is 0.996. The smallest absolute Gasteiger partial charge is 0.0934 e. The number of anilines is 1. The average molecular weight is 334 g/mol. The second-order valence-corrected chi connectivity index (χ2v) is 6.46. The van der Waals surface area contributed by atoms with Crippen LogP contribution in [0.5, 0.6) is 0 Å². The molecular weight excluding hydrogens is 322 g/mol. The van der Waals surface area contributed by atoms with Gasteiger partial charge in [-0.1, -0.05) is 12.1 Å². The van der Waals surface area contributed by atoms with Crippen LogP contribution in [0.1, 0.15) is 9.88 Å². The number of rotatable bonds is 3. The Morgan fingerprint density at radius 3 is 2.95 bits per heavy atom. The lowest BCUT2D eigenvalue weighted by atomic mass is 10.2. The fraction of sp³-hybridized carbons (Fsp3) is 0.143. The number of thiazole rings is 1. The molecule has 0 radical (unpaired) electrons. The van der Waals surface area contributed by atoms with E-state index in [0.29, 0.717) is 0 Å². The van der Waals surface area contributed by atoms with Crippen LogP contribution >= 0.6 is 27.3 Å². The van der Waals surface area contributed by atoms with E-state index in [1.54, 1.807) is 11.3 Å². The maximum atomic E-state index is 4.48. The van der Waals surface area contributed by atoms with Gasteiger partial charge in [0.15, 0.2) is 0 Å². The van der Waals surface area contributed by atoms with Crippen molar-refractivity contribution in [3.05, 3.63) is 51.0 Å². The van der Waals surface area contributed by atoms with E-state index in [9.17, 15) is 0 Å². The number of aryl methyl sites for hydroxylation is 1. The summed E-state index contributed by atoms with van der Waals surface area (Å²) in [7, 11) is 0. The van der Waals surface area contributed by atoms with Crippen molar-refractivity contribution in [2.45, 2.75) is 13.5 Å². The monoisotopic (exact) mass is 333 g/mol. The first-order valence-corrected chi connectivity index (χ1v) is 7.53. The summed E-state index contributed by atoms with van der Waals surface area (Å²) >= 11 is 5.16. The number of hydrogen-bond donors (Lipinski definition) is 1. The minimum absolute atomic E-state index is 0.780. The average Bonchev–Trinajstić information content (AvgIpc) is 2.81. The Labute approximate surface area is 123 Å². The van der Waals surface area contributed by atoms with Crippen molar-refractivity contribution in [1.29, 1.82) is 0 Å². The van der Waals surface area contributed by atoms with Gasteiger partial charge in [0.25, 0.3) is 0 Å². The van der Waals surface area contributed by atoms with E-state index in [4.69, 9.17) is 0 Å². The molecule has 1 N–H and O–H groups in total. The Morgan fingerprint density at radius 1 is 1.26 bits per heavy atom. The molecule has 2 heterocycles. The van der Waals surface area contributed by atoms with E-state index in [1.165, 1.54) is 4.88 Å². The van der Waals surface area contributed by atoms with Gasteiger partial charge in [0.05, 0.1) is 22.8 Å². The first-order chi connectivity index (χ1) is 9.22. The molecule has 3 nitrogen and oxygen atoms in total. The summed E-state index contributed by atoms with van der Waals surface area (Å²) in [6.07, 6.45) is 3.74. The van der Waals surface area contributed by atoms with E-state index in [0.717, 1.165) is 32.6 Å². The summed E-state index contributed by atoms with van der Waals surface area (Å²) in [6, 6.07) is 8.23. The standard InChI is InChI=1S/C14H12BrN3S/c1-9-16-7-12(19-9)8-17-13-4-2-3-10-5-11(15)6-18-14(10)13/h2-7,17H,8H2,1H3. The van der Waals surface area contributed by atoms with Gasteiger partial charge in [-0.15, -0.1) is 11.3 Å². The molecule has 0 aliphatic rings. The quantitative estimate of drug-likeness (QED) is 0.773. The van der Waals surface area contributed by atoms with Gasteiger partial charge < -0.3 is 5.32 Å². The highest BCUT2D eigenvalue weighted by molar-refractivity contribution is 9.10. The SMILES string of the molecule is Cc1ncc(CNc2cccc3cc(Br)cnc23)s1. The molecule has 0 amide bonds. The van der Waals surface area contributed by atoms with E-state index in [-0.39, 0.29) is 0 Å². The first-order valence-electron chi connectivity index (χ1n) is 5.92. The molecule has 0 fully saturated rings. The topological polar surface area (TPSA) is 37.8 Å². The van der Waals surface area contributed by atoms with E-state index in [1.807, 2.05) is 25.4 Å². The molecule has 5 heteroatoms. The maximum absolute atomic E-state index is 4.48. The van der Waals surface area contributed by atoms with Crippen molar-refractivity contribution >= 4 is 43.9 Å². The molecule has 0 aliphatic carbocycles. The van der Waals surface area contributed by atoms with Crippen LogP contribution in [-0.4, -0.2) is 9.97 Å². The Morgan fingerprint density at radius 2 is 2.16 bits per heavy atom. The molecule has 2 aromatic heterocycles. The van der Waals surface area contributed by atoms with Crippen molar-refractivity contribution in [1.82, 2.24) is 9.97 Å². The Balaban J connectivity index is 1.88. The first kappa shape index (κ1) is 12.6. The summed E-state index contributed by atoms with van der Waals surface area (Å²) in [5, 5.41) is 5.65. The third kappa shape index (κ3) is 2.77. The van der Waals surface area contributed by atoms with Crippen LogP contribution in [0, 0.1) is 6.92 Å². The van der Waals surface area contributed by atoms with Crippen LogP contribution in [-0.2, 0) is 6.54 Å². The number of nitrogens with one attached hydrogen (secondary N) is 1. The Bertz CT molecular complexity index is 724. The number of nitrogens with zero attached hydrogens (tertiary/aromatic N) is 2.